The Labute approximate surface area is 206 Å². The van der Waals surface area contributed by atoms with E-state index < -0.39 is 11.6 Å². The van der Waals surface area contributed by atoms with Crippen molar-refractivity contribution in [3.63, 3.8) is 0 Å². The zero-order chi connectivity index (χ0) is 25.1. The number of carbonyl (C=O) groups is 1. The second kappa shape index (κ2) is 10.1. The zero-order valence-electron chi connectivity index (χ0n) is 19.4. The third-order valence-corrected chi connectivity index (χ3v) is 6.28. The molecule has 0 spiro atoms. The van der Waals surface area contributed by atoms with Gasteiger partial charge in [-0.2, -0.15) is 10.4 Å². The Morgan fingerprint density at radius 2 is 1.81 bits per heavy atom. The van der Waals surface area contributed by atoms with Gasteiger partial charge in [0.25, 0.3) is 5.91 Å². The van der Waals surface area contributed by atoms with Crippen molar-refractivity contribution >= 4 is 28.3 Å². The van der Waals surface area contributed by atoms with Crippen LogP contribution in [0.25, 0.3) is 10.9 Å². The SMILES string of the molecule is N#Cc1ccc(C(=O)Nc2n[nH]c3ccc(Cc4cc(F)cc(F)c4)cc23)c(NC2CCNCC2)c1. The fourth-order valence-electron chi connectivity index (χ4n) is 4.51. The molecule has 4 aromatic rings. The van der Waals surface area contributed by atoms with E-state index in [2.05, 4.69) is 32.2 Å². The molecule has 1 saturated heterocycles. The average molecular weight is 487 g/mol. The Balaban J connectivity index is 1.40. The molecule has 1 amide bonds. The lowest BCUT2D eigenvalue weighted by atomic mass is 10.0. The monoisotopic (exact) mass is 486 g/mol. The van der Waals surface area contributed by atoms with E-state index in [0.29, 0.717) is 45.5 Å². The Bertz CT molecular complexity index is 1450. The Morgan fingerprint density at radius 3 is 2.56 bits per heavy atom. The van der Waals surface area contributed by atoms with Gasteiger partial charge in [-0.25, -0.2) is 8.78 Å². The minimum absolute atomic E-state index is 0.202. The minimum Gasteiger partial charge on any atom is -0.382 e. The number of anilines is 2. The van der Waals surface area contributed by atoms with Crippen molar-refractivity contribution in [3.05, 3.63) is 88.5 Å². The van der Waals surface area contributed by atoms with Crippen LogP contribution in [0.4, 0.5) is 20.3 Å². The second-order valence-corrected chi connectivity index (χ2v) is 8.90. The van der Waals surface area contributed by atoms with Crippen LogP contribution >= 0.6 is 0 Å². The number of nitrogens with zero attached hydrogens (tertiary/aromatic N) is 2. The fraction of sp³-hybridized carbons (Fsp3) is 0.222. The number of hydrogen-bond acceptors (Lipinski definition) is 5. The highest BCUT2D eigenvalue weighted by Crippen LogP contribution is 2.26. The van der Waals surface area contributed by atoms with Gasteiger partial charge in [0.05, 0.1) is 22.7 Å². The van der Waals surface area contributed by atoms with E-state index in [1.54, 1.807) is 18.2 Å². The van der Waals surface area contributed by atoms with Crippen molar-refractivity contribution in [1.29, 1.82) is 5.26 Å². The Morgan fingerprint density at radius 1 is 1.03 bits per heavy atom. The molecule has 7 nitrogen and oxygen atoms in total. The molecule has 1 fully saturated rings. The van der Waals surface area contributed by atoms with Crippen LogP contribution in [0.1, 0.15) is 39.9 Å². The lowest BCUT2D eigenvalue weighted by Gasteiger charge is -2.25. The number of nitrogens with one attached hydrogen (secondary N) is 4. The van der Waals surface area contributed by atoms with Crippen LogP contribution in [0.3, 0.4) is 0 Å². The predicted octanol–water partition coefficient (Wildman–Crippen LogP) is 4.72. The number of rotatable bonds is 6. The van der Waals surface area contributed by atoms with Crippen molar-refractivity contribution in [1.82, 2.24) is 15.5 Å². The Hall–Kier alpha value is -4.29. The first-order chi connectivity index (χ1) is 17.5. The summed E-state index contributed by atoms with van der Waals surface area (Å²) >= 11 is 0. The van der Waals surface area contributed by atoms with Gasteiger partial charge in [0.1, 0.15) is 11.6 Å². The van der Waals surface area contributed by atoms with E-state index in [9.17, 15) is 18.8 Å². The number of carbonyl (C=O) groups excluding carboxylic acids is 1. The van der Waals surface area contributed by atoms with Gasteiger partial charge in [-0.1, -0.05) is 6.07 Å². The molecule has 1 aromatic heterocycles. The lowest BCUT2D eigenvalue weighted by Crippen LogP contribution is -2.35. The quantitative estimate of drug-likeness (QED) is 0.316. The molecule has 0 aliphatic carbocycles. The third kappa shape index (κ3) is 5.19. The summed E-state index contributed by atoms with van der Waals surface area (Å²) in [5.41, 5.74) is 3.52. The number of piperidine rings is 1. The van der Waals surface area contributed by atoms with E-state index in [0.717, 1.165) is 37.6 Å². The van der Waals surface area contributed by atoms with Crippen LogP contribution < -0.4 is 16.0 Å². The van der Waals surface area contributed by atoms with Crippen LogP contribution in [0.2, 0.25) is 0 Å². The summed E-state index contributed by atoms with van der Waals surface area (Å²) in [6.07, 6.45) is 2.16. The average Bonchev–Trinajstić information content (AvgIpc) is 3.25. The van der Waals surface area contributed by atoms with E-state index in [4.69, 9.17) is 0 Å². The molecule has 5 rings (SSSR count). The van der Waals surface area contributed by atoms with Crippen molar-refractivity contribution < 1.29 is 13.6 Å². The second-order valence-electron chi connectivity index (χ2n) is 8.90. The molecule has 0 radical (unpaired) electrons. The summed E-state index contributed by atoms with van der Waals surface area (Å²) in [6.45, 7) is 1.78. The zero-order valence-corrected chi connectivity index (χ0v) is 19.4. The molecule has 182 valence electrons. The van der Waals surface area contributed by atoms with Gasteiger partial charge in [-0.15, -0.1) is 0 Å². The van der Waals surface area contributed by atoms with Gasteiger partial charge in [0.15, 0.2) is 5.82 Å². The number of aromatic nitrogens is 2. The molecule has 1 aliphatic rings. The fourth-order valence-corrected chi connectivity index (χ4v) is 4.51. The van der Waals surface area contributed by atoms with Crippen molar-refractivity contribution in [2.45, 2.75) is 25.3 Å². The molecule has 0 saturated carbocycles. The molecule has 4 N–H and O–H groups in total. The first kappa shape index (κ1) is 23.5. The van der Waals surface area contributed by atoms with Crippen LogP contribution in [0, 0.1) is 23.0 Å². The van der Waals surface area contributed by atoms with Crippen LogP contribution in [-0.2, 0) is 6.42 Å². The first-order valence-corrected chi connectivity index (χ1v) is 11.7. The summed E-state index contributed by atoms with van der Waals surface area (Å²) < 4.78 is 27.2. The van der Waals surface area contributed by atoms with Crippen LogP contribution in [0.15, 0.2) is 54.6 Å². The highest BCUT2D eigenvalue weighted by molar-refractivity contribution is 6.10. The number of H-pyrrole nitrogens is 1. The number of fused-ring (bicyclic) bond motifs is 1. The Kier molecular flexibility index (Phi) is 6.60. The third-order valence-electron chi connectivity index (χ3n) is 6.28. The molecular formula is C27H24F2N6O. The molecule has 9 heteroatoms. The van der Waals surface area contributed by atoms with E-state index in [-0.39, 0.29) is 11.9 Å². The molecule has 36 heavy (non-hydrogen) atoms. The van der Waals surface area contributed by atoms with Gasteiger partial charge in [-0.3, -0.25) is 9.89 Å². The number of aromatic amines is 1. The predicted molar refractivity (Wildman–Crippen MR) is 134 cm³/mol. The highest BCUT2D eigenvalue weighted by Gasteiger charge is 2.19. The summed E-state index contributed by atoms with van der Waals surface area (Å²) in [5, 5.41) is 26.8. The highest BCUT2D eigenvalue weighted by atomic mass is 19.1. The molecule has 2 heterocycles. The number of halogens is 2. The smallest absolute Gasteiger partial charge is 0.258 e. The maximum absolute atomic E-state index is 13.6. The largest absolute Gasteiger partial charge is 0.382 e. The molecule has 3 aromatic carbocycles. The van der Waals surface area contributed by atoms with Crippen LogP contribution in [-0.4, -0.2) is 35.2 Å². The summed E-state index contributed by atoms with van der Waals surface area (Å²) in [7, 11) is 0. The van der Waals surface area contributed by atoms with E-state index in [1.807, 2.05) is 18.2 Å². The van der Waals surface area contributed by atoms with Crippen molar-refractivity contribution in [3.8, 4) is 6.07 Å². The first-order valence-electron chi connectivity index (χ1n) is 11.7. The molecule has 1 aliphatic heterocycles. The molecule has 0 unspecified atom stereocenters. The van der Waals surface area contributed by atoms with Gasteiger partial charge in [0.2, 0.25) is 0 Å². The summed E-state index contributed by atoms with van der Waals surface area (Å²) in [6, 6.07) is 16.2. The normalized spacial score (nSPS) is 13.9. The number of amides is 1. The van der Waals surface area contributed by atoms with Crippen molar-refractivity contribution in [2.24, 2.45) is 0 Å². The maximum Gasteiger partial charge on any atom is 0.258 e. The van der Waals surface area contributed by atoms with Gasteiger partial charge < -0.3 is 16.0 Å². The maximum atomic E-state index is 13.6. The van der Waals surface area contributed by atoms with Gasteiger partial charge in [-0.05, 0) is 85.9 Å². The standard InChI is InChI=1S/C27H24F2N6O/c28-19-10-18(11-20(29)14-19)9-16-2-4-24-23(12-16)26(35-34-24)33-27(36)22-3-1-17(15-30)13-25(22)32-21-5-7-31-8-6-21/h1-4,10-14,21,31-32H,5-9H2,(H2,33,34,35,36). The molecule has 0 bridgehead atoms. The molecular weight excluding hydrogens is 462 g/mol. The van der Waals surface area contributed by atoms with E-state index >= 15 is 0 Å². The summed E-state index contributed by atoms with van der Waals surface area (Å²) in [5.74, 6) is -1.27. The van der Waals surface area contributed by atoms with Gasteiger partial charge >= 0.3 is 0 Å². The number of hydrogen-bond donors (Lipinski definition) is 4. The number of nitriles is 1. The lowest BCUT2D eigenvalue weighted by molar-refractivity contribution is 0.102. The van der Waals surface area contributed by atoms with Gasteiger partial charge in [0, 0.05) is 23.2 Å². The molecule has 0 atom stereocenters. The van der Waals surface area contributed by atoms with E-state index in [1.165, 1.54) is 12.1 Å². The topological polar surface area (TPSA) is 106 Å². The van der Waals surface area contributed by atoms with Crippen molar-refractivity contribution in [2.75, 3.05) is 23.7 Å². The summed E-state index contributed by atoms with van der Waals surface area (Å²) in [4.78, 5) is 13.3. The minimum atomic E-state index is -0.626. The van der Waals surface area contributed by atoms with Crippen LogP contribution in [0.5, 0.6) is 0 Å². The number of benzene rings is 3.